The van der Waals surface area contributed by atoms with E-state index in [0.29, 0.717) is 0 Å². The summed E-state index contributed by atoms with van der Waals surface area (Å²) < 4.78 is 9.07. The van der Waals surface area contributed by atoms with Crippen LogP contribution in [0.4, 0.5) is 17.1 Å². The van der Waals surface area contributed by atoms with Crippen molar-refractivity contribution in [2.75, 3.05) is 4.90 Å². The molecular weight excluding hydrogens is 711 g/mol. The second-order valence-corrected chi connectivity index (χ2v) is 15.6. The van der Waals surface area contributed by atoms with Crippen LogP contribution in [-0.2, 0) is 0 Å². The van der Waals surface area contributed by atoms with E-state index in [1.165, 1.54) is 59.1 Å². The predicted octanol–water partition coefficient (Wildman–Crippen LogP) is 16.1. The van der Waals surface area contributed by atoms with Crippen LogP contribution in [0.5, 0.6) is 0 Å². The third-order valence-electron chi connectivity index (χ3n) is 11.1. The first-order valence-electron chi connectivity index (χ1n) is 19.3. The Bertz CT molecular complexity index is 3210. The molecule has 2 nitrogen and oxygen atoms in total. The minimum absolute atomic E-state index is 0.864. The minimum atomic E-state index is 0.864. The standard InChI is InChI=1S/C54H35NOS/c1-3-12-36(13-4-1)38-22-24-39(25-23-38)40-26-28-43(29-27-40)55(44-30-31-48-47-16-7-9-20-51(47)56-52(48)35-44)45-33-41(37-14-5-2-6-15-37)32-42(34-45)46-18-11-19-50-49-17-8-10-21-53(49)57-54(46)50/h1-35H. The zero-order valence-corrected chi connectivity index (χ0v) is 31.8. The van der Waals surface area contributed by atoms with E-state index in [2.05, 4.69) is 205 Å². The van der Waals surface area contributed by atoms with Crippen LogP contribution in [-0.4, -0.2) is 0 Å². The molecule has 9 aromatic carbocycles. The van der Waals surface area contributed by atoms with E-state index in [1.54, 1.807) is 0 Å². The predicted molar refractivity (Wildman–Crippen MR) is 243 cm³/mol. The average molecular weight is 746 g/mol. The van der Waals surface area contributed by atoms with E-state index in [0.717, 1.165) is 44.6 Å². The fraction of sp³-hybridized carbons (Fsp3) is 0. The number of anilines is 3. The van der Waals surface area contributed by atoms with Crippen LogP contribution >= 0.6 is 11.3 Å². The van der Waals surface area contributed by atoms with Gasteiger partial charge in [-0.1, -0.05) is 152 Å². The Morgan fingerprint density at radius 1 is 0.316 bits per heavy atom. The monoisotopic (exact) mass is 745 g/mol. The van der Waals surface area contributed by atoms with Crippen molar-refractivity contribution in [1.29, 1.82) is 0 Å². The van der Waals surface area contributed by atoms with E-state index in [9.17, 15) is 0 Å². The normalized spacial score (nSPS) is 11.5. The Labute approximate surface area is 335 Å². The topological polar surface area (TPSA) is 16.4 Å². The molecule has 11 rings (SSSR count). The molecule has 2 heterocycles. The third kappa shape index (κ3) is 5.97. The van der Waals surface area contributed by atoms with Crippen LogP contribution in [0.25, 0.3) is 86.6 Å². The van der Waals surface area contributed by atoms with Crippen LogP contribution in [0, 0.1) is 0 Å². The molecule has 0 aliphatic rings. The molecule has 0 bridgehead atoms. The first-order valence-corrected chi connectivity index (χ1v) is 20.1. The molecule has 0 spiro atoms. The highest BCUT2D eigenvalue weighted by Gasteiger charge is 2.19. The second kappa shape index (κ2) is 13.8. The van der Waals surface area contributed by atoms with Crippen molar-refractivity contribution >= 4 is 70.5 Å². The molecule has 0 saturated carbocycles. The van der Waals surface area contributed by atoms with Gasteiger partial charge in [-0.3, -0.25) is 0 Å². The summed E-state index contributed by atoms with van der Waals surface area (Å²) in [5.74, 6) is 0. The van der Waals surface area contributed by atoms with E-state index in [1.807, 2.05) is 23.5 Å². The Hall–Kier alpha value is -7.20. The maximum atomic E-state index is 6.47. The summed E-state index contributed by atoms with van der Waals surface area (Å²) >= 11 is 1.87. The molecule has 0 amide bonds. The first kappa shape index (κ1) is 33.2. The summed E-state index contributed by atoms with van der Waals surface area (Å²) in [6, 6.07) is 76.4. The Kier molecular flexibility index (Phi) is 8.04. The number of para-hydroxylation sites is 1. The fourth-order valence-corrected chi connectivity index (χ4v) is 9.50. The SMILES string of the molecule is c1ccc(-c2ccc(-c3ccc(N(c4cc(-c5ccccc5)cc(-c5cccc6c5sc5ccccc56)c4)c4ccc5c(c4)oc4ccccc45)cc3)cc2)cc1. The average Bonchev–Trinajstić information content (AvgIpc) is 3.86. The van der Waals surface area contributed by atoms with E-state index < -0.39 is 0 Å². The highest BCUT2D eigenvalue weighted by Crippen LogP contribution is 2.45. The van der Waals surface area contributed by atoms with Crippen LogP contribution in [0.15, 0.2) is 217 Å². The molecule has 0 saturated heterocycles. The number of thiophene rings is 1. The fourth-order valence-electron chi connectivity index (χ4n) is 8.26. The van der Waals surface area contributed by atoms with E-state index in [-0.39, 0.29) is 0 Å². The van der Waals surface area contributed by atoms with Crippen LogP contribution in [0.3, 0.4) is 0 Å². The lowest BCUT2D eigenvalue weighted by atomic mass is 9.96. The number of benzene rings is 9. The van der Waals surface area contributed by atoms with Crippen LogP contribution in [0.1, 0.15) is 0 Å². The highest BCUT2D eigenvalue weighted by molar-refractivity contribution is 7.26. The maximum absolute atomic E-state index is 6.47. The van der Waals surface area contributed by atoms with Crippen molar-refractivity contribution in [3.63, 3.8) is 0 Å². The van der Waals surface area contributed by atoms with Gasteiger partial charge >= 0.3 is 0 Å². The number of hydrogen-bond acceptors (Lipinski definition) is 3. The van der Waals surface area contributed by atoms with Crippen molar-refractivity contribution in [2.24, 2.45) is 0 Å². The van der Waals surface area contributed by atoms with Gasteiger partial charge in [-0.05, 0) is 99.1 Å². The van der Waals surface area contributed by atoms with Gasteiger partial charge in [0.1, 0.15) is 11.2 Å². The van der Waals surface area contributed by atoms with Crippen molar-refractivity contribution in [3.8, 4) is 44.5 Å². The summed E-state index contributed by atoms with van der Waals surface area (Å²) in [6.07, 6.45) is 0. The van der Waals surface area contributed by atoms with Gasteiger partial charge in [0.2, 0.25) is 0 Å². The number of furan rings is 1. The summed E-state index contributed by atoms with van der Waals surface area (Å²) in [6.45, 7) is 0. The second-order valence-electron chi connectivity index (χ2n) is 14.5. The molecule has 0 aliphatic carbocycles. The van der Waals surface area contributed by atoms with E-state index in [4.69, 9.17) is 4.42 Å². The van der Waals surface area contributed by atoms with Crippen molar-refractivity contribution in [1.82, 2.24) is 0 Å². The quantitative estimate of drug-likeness (QED) is 0.162. The maximum Gasteiger partial charge on any atom is 0.137 e. The lowest BCUT2D eigenvalue weighted by Gasteiger charge is -2.27. The molecule has 57 heavy (non-hydrogen) atoms. The lowest BCUT2D eigenvalue weighted by Crippen LogP contribution is -2.10. The Morgan fingerprint density at radius 2 is 0.860 bits per heavy atom. The number of nitrogens with zero attached hydrogens (tertiary/aromatic N) is 1. The molecule has 0 radical (unpaired) electrons. The van der Waals surface area contributed by atoms with Crippen molar-refractivity contribution < 1.29 is 4.42 Å². The molecule has 0 N–H and O–H groups in total. The van der Waals surface area contributed by atoms with Gasteiger partial charge in [0.05, 0.1) is 0 Å². The van der Waals surface area contributed by atoms with Gasteiger partial charge in [-0.2, -0.15) is 0 Å². The number of hydrogen-bond donors (Lipinski definition) is 0. The highest BCUT2D eigenvalue weighted by atomic mass is 32.1. The minimum Gasteiger partial charge on any atom is -0.456 e. The molecule has 0 atom stereocenters. The van der Waals surface area contributed by atoms with Crippen LogP contribution < -0.4 is 4.90 Å². The molecule has 0 fully saturated rings. The number of rotatable bonds is 7. The van der Waals surface area contributed by atoms with Gasteiger partial charge in [0, 0.05) is 54.1 Å². The summed E-state index contributed by atoms with van der Waals surface area (Å²) in [4.78, 5) is 2.37. The molecule has 0 aliphatic heterocycles. The number of fused-ring (bicyclic) bond motifs is 6. The first-order chi connectivity index (χ1) is 28.2. The van der Waals surface area contributed by atoms with Crippen molar-refractivity contribution in [3.05, 3.63) is 212 Å². The molecular formula is C54H35NOS. The lowest BCUT2D eigenvalue weighted by molar-refractivity contribution is 0.669. The molecule has 11 aromatic rings. The largest absolute Gasteiger partial charge is 0.456 e. The zero-order valence-electron chi connectivity index (χ0n) is 31.0. The Morgan fingerprint density at radius 3 is 1.60 bits per heavy atom. The molecule has 2 aromatic heterocycles. The van der Waals surface area contributed by atoms with Gasteiger partial charge in [0.25, 0.3) is 0 Å². The molecule has 3 heteroatoms. The van der Waals surface area contributed by atoms with Gasteiger partial charge in [0.15, 0.2) is 0 Å². The third-order valence-corrected chi connectivity index (χ3v) is 12.3. The van der Waals surface area contributed by atoms with Crippen molar-refractivity contribution in [2.45, 2.75) is 0 Å². The summed E-state index contributed by atoms with van der Waals surface area (Å²) in [7, 11) is 0. The van der Waals surface area contributed by atoms with Gasteiger partial charge < -0.3 is 9.32 Å². The van der Waals surface area contributed by atoms with Gasteiger partial charge in [-0.25, -0.2) is 0 Å². The zero-order chi connectivity index (χ0) is 37.7. The summed E-state index contributed by atoms with van der Waals surface area (Å²) in [5, 5.41) is 4.82. The smallest absolute Gasteiger partial charge is 0.137 e. The van der Waals surface area contributed by atoms with Gasteiger partial charge in [-0.15, -0.1) is 11.3 Å². The Balaban J connectivity index is 1.09. The molecule has 268 valence electrons. The summed E-state index contributed by atoms with van der Waals surface area (Å²) in [5.41, 5.74) is 14.4. The molecule has 0 unspecified atom stereocenters. The van der Waals surface area contributed by atoms with E-state index >= 15 is 0 Å². The van der Waals surface area contributed by atoms with Crippen LogP contribution in [0.2, 0.25) is 0 Å².